The van der Waals surface area contributed by atoms with E-state index in [1.54, 1.807) is 13.3 Å². The van der Waals surface area contributed by atoms with E-state index in [-0.39, 0.29) is 17.9 Å². The molecule has 1 N–H and O–H groups in total. The Balaban J connectivity index is 1.36. The Labute approximate surface area is 211 Å². The first-order valence-electron chi connectivity index (χ1n) is 12.8. The van der Waals surface area contributed by atoms with Gasteiger partial charge in [-0.05, 0) is 43.5 Å². The average molecular weight is 491 g/mol. The van der Waals surface area contributed by atoms with Crippen LogP contribution in [-0.2, 0) is 30.8 Å². The van der Waals surface area contributed by atoms with E-state index in [1.807, 2.05) is 51.5 Å². The molecule has 0 radical (unpaired) electrons. The lowest BCUT2D eigenvalue weighted by atomic mass is 10.0. The second-order valence-corrected chi connectivity index (χ2v) is 9.75. The van der Waals surface area contributed by atoms with Gasteiger partial charge >= 0.3 is 0 Å². The molecule has 0 unspecified atom stereocenters. The molecule has 1 saturated carbocycles. The standard InChI is InChI=1S/C27H34N6O3/c1-19-11-14-28-32(19)16-13-25(34)31-15-12-24-23(18-31)26(27(35)29-21-5-3-4-6-21)30-33(24)17-20-7-9-22(36-2)10-8-20/h7-11,14,21H,3-6,12-13,15-18H2,1-2H3,(H,29,35). The molecule has 3 aromatic rings. The Bertz CT molecular complexity index is 1220. The molecule has 3 heterocycles. The number of fused-ring (bicyclic) bond motifs is 1. The third-order valence-electron chi connectivity index (χ3n) is 7.35. The van der Waals surface area contributed by atoms with Crippen molar-refractivity contribution in [1.82, 2.24) is 29.8 Å². The molecule has 9 nitrogen and oxygen atoms in total. The number of hydrogen-bond donors (Lipinski definition) is 1. The number of benzene rings is 1. The van der Waals surface area contributed by atoms with Gasteiger partial charge in [0, 0.05) is 61.7 Å². The summed E-state index contributed by atoms with van der Waals surface area (Å²) in [4.78, 5) is 28.2. The van der Waals surface area contributed by atoms with Gasteiger partial charge < -0.3 is 15.0 Å². The molecular weight excluding hydrogens is 456 g/mol. The van der Waals surface area contributed by atoms with E-state index in [4.69, 9.17) is 9.84 Å². The minimum atomic E-state index is -0.131. The van der Waals surface area contributed by atoms with Crippen molar-refractivity contribution in [3.8, 4) is 5.75 Å². The van der Waals surface area contributed by atoms with E-state index >= 15 is 0 Å². The smallest absolute Gasteiger partial charge is 0.272 e. The van der Waals surface area contributed by atoms with Crippen LogP contribution in [0, 0.1) is 6.92 Å². The number of aryl methyl sites for hydroxylation is 2. The first-order chi connectivity index (χ1) is 17.5. The first kappa shape index (κ1) is 24.1. The highest BCUT2D eigenvalue weighted by atomic mass is 16.5. The Morgan fingerprint density at radius 2 is 1.89 bits per heavy atom. The number of amides is 2. The molecule has 190 valence electrons. The van der Waals surface area contributed by atoms with Crippen LogP contribution in [-0.4, -0.2) is 56.0 Å². The molecule has 1 aromatic carbocycles. The highest BCUT2D eigenvalue weighted by Crippen LogP contribution is 2.26. The molecule has 5 rings (SSSR count). The molecule has 2 aliphatic rings. The lowest BCUT2D eigenvalue weighted by Gasteiger charge is -2.28. The van der Waals surface area contributed by atoms with Gasteiger partial charge in [0.1, 0.15) is 5.75 Å². The SMILES string of the molecule is COc1ccc(Cn2nc(C(=O)NC3CCCC3)c3c2CCN(C(=O)CCn2nccc2C)C3)cc1. The van der Waals surface area contributed by atoms with Crippen LogP contribution in [0.4, 0.5) is 0 Å². The number of aromatic nitrogens is 4. The van der Waals surface area contributed by atoms with Crippen molar-refractivity contribution in [1.29, 1.82) is 0 Å². The fourth-order valence-electron chi connectivity index (χ4n) is 5.24. The van der Waals surface area contributed by atoms with Crippen LogP contribution in [0.3, 0.4) is 0 Å². The zero-order valence-corrected chi connectivity index (χ0v) is 21.1. The fourth-order valence-corrected chi connectivity index (χ4v) is 5.24. The topological polar surface area (TPSA) is 94.3 Å². The van der Waals surface area contributed by atoms with Crippen molar-refractivity contribution in [3.63, 3.8) is 0 Å². The maximum Gasteiger partial charge on any atom is 0.272 e. The zero-order chi connectivity index (χ0) is 25.1. The molecule has 0 spiro atoms. The minimum absolute atomic E-state index is 0.0700. The molecule has 2 amide bonds. The molecule has 1 aliphatic heterocycles. The van der Waals surface area contributed by atoms with Crippen LogP contribution in [0.1, 0.15) is 65.1 Å². The monoisotopic (exact) mass is 490 g/mol. The fraction of sp³-hybridized carbons (Fsp3) is 0.481. The first-order valence-corrected chi connectivity index (χ1v) is 12.8. The second-order valence-electron chi connectivity index (χ2n) is 9.75. The van der Waals surface area contributed by atoms with Gasteiger partial charge in [-0.15, -0.1) is 0 Å². The summed E-state index contributed by atoms with van der Waals surface area (Å²) < 4.78 is 9.06. The van der Waals surface area contributed by atoms with Crippen molar-refractivity contribution in [2.45, 2.75) is 71.1 Å². The molecule has 0 saturated heterocycles. The van der Waals surface area contributed by atoms with E-state index in [9.17, 15) is 9.59 Å². The lowest BCUT2D eigenvalue weighted by Crippen LogP contribution is -2.38. The molecule has 2 aromatic heterocycles. The summed E-state index contributed by atoms with van der Waals surface area (Å²) >= 11 is 0. The average Bonchev–Trinajstić information content (AvgIpc) is 3.64. The summed E-state index contributed by atoms with van der Waals surface area (Å²) in [6.45, 7) is 4.11. The number of carbonyl (C=O) groups is 2. The maximum atomic E-state index is 13.3. The van der Waals surface area contributed by atoms with E-state index in [0.29, 0.717) is 44.7 Å². The van der Waals surface area contributed by atoms with Crippen LogP contribution < -0.4 is 10.1 Å². The van der Waals surface area contributed by atoms with E-state index in [1.165, 1.54) is 0 Å². The number of nitrogens with zero attached hydrogens (tertiary/aromatic N) is 5. The van der Waals surface area contributed by atoms with Gasteiger partial charge in [0.25, 0.3) is 5.91 Å². The number of methoxy groups -OCH3 is 1. The lowest BCUT2D eigenvalue weighted by molar-refractivity contribution is -0.132. The summed E-state index contributed by atoms with van der Waals surface area (Å²) in [6, 6.07) is 10.0. The molecule has 36 heavy (non-hydrogen) atoms. The quantitative estimate of drug-likeness (QED) is 0.524. The van der Waals surface area contributed by atoms with Gasteiger partial charge in [-0.3, -0.25) is 19.0 Å². The Hall–Kier alpha value is -3.62. The van der Waals surface area contributed by atoms with Crippen molar-refractivity contribution in [2.75, 3.05) is 13.7 Å². The van der Waals surface area contributed by atoms with Crippen molar-refractivity contribution >= 4 is 11.8 Å². The highest BCUT2D eigenvalue weighted by molar-refractivity contribution is 5.94. The summed E-state index contributed by atoms with van der Waals surface area (Å²) in [5.41, 5.74) is 4.47. The summed E-state index contributed by atoms with van der Waals surface area (Å²) in [6.07, 6.45) is 7.11. The van der Waals surface area contributed by atoms with Gasteiger partial charge in [0.15, 0.2) is 5.69 Å². The summed E-state index contributed by atoms with van der Waals surface area (Å²) in [7, 11) is 1.65. The van der Waals surface area contributed by atoms with Crippen molar-refractivity contribution in [2.24, 2.45) is 0 Å². The van der Waals surface area contributed by atoms with Gasteiger partial charge in [-0.25, -0.2) is 0 Å². The number of carbonyl (C=O) groups excluding carboxylic acids is 2. The number of nitrogens with one attached hydrogen (secondary N) is 1. The van der Waals surface area contributed by atoms with Crippen LogP contribution in [0.2, 0.25) is 0 Å². The second kappa shape index (κ2) is 10.6. The summed E-state index contributed by atoms with van der Waals surface area (Å²) in [5.74, 6) is 0.742. The van der Waals surface area contributed by atoms with Gasteiger partial charge in [-0.1, -0.05) is 25.0 Å². The normalized spacial score (nSPS) is 15.7. The molecule has 1 fully saturated rings. The third kappa shape index (κ3) is 5.15. The van der Waals surface area contributed by atoms with E-state index < -0.39 is 0 Å². The molecular formula is C27H34N6O3. The molecule has 0 bridgehead atoms. The maximum absolute atomic E-state index is 13.3. The van der Waals surface area contributed by atoms with Crippen LogP contribution in [0.5, 0.6) is 5.75 Å². The largest absolute Gasteiger partial charge is 0.497 e. The molecule has 1 aliphatic carbocycles. The van der Waals surface area contributed by atoms with Crippen molar-refractivity contribution < 1.29 is 14.3 Å². The van der Waals surface area contributed by atoms with Crippen LogP contribution in [0.15, 0.2) is 36.5 Å². The number of ether oxygens (including phenoxy) is 1. The van der Waals surface area contributed by atoms with E-state index in [2.05, 4.69) is 10.4 Å². The molecule has 9 heteroatoms. The molecule has 0 atom stereocenters. The number of hydrogen-bond acceptors (Lipinski definition) is 5. The van der Waals surface area contributed by atoms with Gasteiger partial charge in [0.05, 0.1) is 13.7 Å². The number of rotatable bonds is 8. The zero-order valence-electron chi connectivity index (χ0n) is 21.1. The Morgan fingerprint density at radius 1 is 1.11 bits per heavy atom. The predicted molar refractivity (Wildman–Crippen MR) is 135 cm³/mol. The van der Waals surface area contributed by atoms with Gasteiger partial charge in [0.2, 0.25) is 5.91 Å². The Morgan fingerprint density at radius 3 is 2.58 bits per heavy atom. The highest BCUT2D eigenvalue weighted by Gasteiger charge is 2.31. The minimum Gasteiger partial charge on any atom is -0.497 e. The van der Waals surface area contributed by atoms with E-state index in [0.717, 1.165) is 53.9 Å². The van der Waals surface area contributed by atoms with Gasteiger partial charge in [-0.2, -0.15) is 10.2 Å². The Kier molecular flexibility index (Phi) is 7.06. The summed E-state index contributed by atoms with van der Waals surface area (Å²) in [5, 5.41) is 12.3. The van der Waals surface area contributed by atoms with Crippen LogP contribution >= 0.6 is 0 Å². The predicted octanol–water partition coefficient (Wildman–Crippen LogP) is 3.09. The van der Waals surface area contributed by atoms with Crippen molar-refractivity contribution in [3.05, 3.63) is 64.7 Å². The van der Waals surface area contributed by atoms with Crippen LogP contribution in [0.25, 0.3) is 0 Å². The third-order valence-corrected chi connectivity index (χ3v) is 7.35.